The summed E-state index contributed by atoms with van der Waals surface area (Å²) in [7, 11) is 1.31. The van der Waals surface area contributed by atoms with Crippen molar-refractivity contribution in [1.82, 2.24) is 10.2 Å². The summed E-state index contributed by atoms with van der Waals surface area (Å²) in [6, 6.07) is 6.99. The molecule has 0 saturated heterocycles. The summed E-state index contributed by atoms with van der Waals surface area (Å²) in [6.07, 6.45) is 0. The van der Waals surface area contributed by atoms with E-state index in [4.69, 9.17) is 9.15 Å². The maximum absolute atomic E-state index is 10.9. The molecular formula is C12H12N2O4. The summed E-state index contributed by atoms with van der Waals surface area (Å²) < 4.78 is 15.0. The van der Waals surface area contributed by atoms with Crippen molar-refractivity contribution in [3.63, 3.8) is 0 Å². The number of hydrogen-bond acceptors (Lipinski definition) is 6. The molecule has 0 aliphatic carbocycles. The standard InChI is InChI=1S/C12H12N2O4/c1-8-13-14-12(18-8)9-3-5-10(6-4-9)17-7-11(15)16-2/h3-6H,7H2,1-2H3. The number of carbonyl (C=O) groups excluding carboxylic acids is 1. The molecule has 6 heteroatoms. The molecular weight excluding hydrogens is 236 g/mol. The molecule has 0 unspecified atom stereocenters. The Hall–Kier alpha value is -2.37. The van der Waals surface area contributed by atoms with Crippen molar-refractivity contribution < 1.29 is 18.7 Å². The van der Waals surface area contributed by atoms with Gasteiger partial charge in [-0.15, -0.1) is 10.2 Å². The number of ether oxygens (including phenoxy) is 2. The number of hydrogen-bond donors (Lipinski definition) is 0. The van der Waals surface area contributed by atoms with Crippen LogP contribution in [0.3, 0.4) is 0 Å². The van der Waals surface area contributed by atoms with Gasteiger partial charge in [-0.1, -0.05) is 0 Å². The molecule has 2 rings (SSSR count). The molecule has 0 spiro atoms. The summed E-state index contributed by atoms with van der Waals surface area (Å²) >= 11 is 0. The number of nitrogens with zero attached hydrogens (tertiary/aromatic N) is 2. The SMILES string of the molecule is COC(=O)COc1ccc(-c2nnc(C)o2)cc1. The maximum Gasteiger partial charge on any atom is 0.343 e. The van der Waals surface area contributed by atoms with E-state index in [0.717, 1.165) is 5.56 Å². The van der Waals surface area contributed by atoms with Gasteiger partial charge in [0.25, 0.3) is 0 Å². The van der Waals surface area contributed by atoms with E-state index in [1.54, 1.807) is 31.2 Å². The lowest BCUT2D eigenvalue weighted by Crippen LogP contribution is -2.12. The van der Waals surface area contributed by atoms with Crippen LogP contribution in [0, 0.1) is 6.92 Å². The predicted octanol–water partition coefficient (Wildman–Crippen LogP) is 1.60. The van der Waals surface area contributed by atoms with Gasteiger partial charge in [0.05, 0.1) is 7.11 Å². The number of methoxy groups -OCH3 is 1. The quantitative estimate of drug-likeness (QED) is 0.765. The predicted molar refractivity (Wildman–Crippen MR) is 62.0 cm³/mol. The summed E-state index contributed by atoms with van der Waals surface area (Å²) in [6.45, 7) is 1.61. The van der Waals surface area contributed by atoms with Crippen molar-refractivity contribution in [2.45, 2.75) is 6.92 Å². The van der Waals surface area contributed by atoms with Crippen LogP contribution in [0.4, 0.5) is 0 Å². The van der Waals surface area contributed by atoms with Crippen molar-refractivity contribution in [2.75, 3.05) is 13.7 Å². The first kappa shape index (κ1) is 12.1. The van der Waals surface area contributed by atoms with Crippen LogP contribution in [0.15, 0.2) is 28.7 Å². The van der Waals surface area contributed by atoms with Gasteiger partial charge < -0.3 is 13.9 Å². The number of aromatic nitrogens is 2. The van der Waals surface area contributed by atoms with Crippen LogP contribution < -0.4 is 4.74 Å². The van der Waals surface area contributed by atoms with Crippen LogP contribution in [0.25, 0.3) is 11.5 Å². The summed E-state index contributed by atoms with van der Waals surface area (Å²) in [4.78, 5) is 10.9. The molecule has 94 valence electrons. The third-order valence-electron chi connectivity index (χ3n) is 2.21. The zero-order chi connectivity index (χ0) is 13.0. The Kier molecular flexibility index (Phi) is 3.57. The fraction of sp³-hybridized carbons (Fsp3) is 0.250. The van der Waals surface area contributed by atoms with Gasteiger partial charge in [-0.05, 0) is 24.3 Å². The first-order valence-corrected chi connectivity index (χ1v) is 5.29. The second-order valence-corrected chi connectivity index (χ2v) is 3.52. The second kappa shape index (κ2) is 5.31. The molecule has 0 atom stereocenters. The maximum atomic E-state index is 10.9. The molecule has 1 aromatic heterocycles. The molecule has 6 nitrogen and oxygen atoms in total. The van der Waals surface area contributed by atoms with Crippen molar-refractivity contribution >= 4 is 5.97 Å². The first-order chi connectivity index (χ1) is 8.69. The van der Waals surface area contributed by atoms with Gasteiger partial charge >= 0.3 is 5.97 Å². The van der Waals surface area contributed by atoms with Gasteiger partial charge in [0, 0.05) is 12.5 Å². The molecule has 0 N–H and O–H groups in total. The van der Waals surface area contributed by atoms with Crippen molar-refractivity contribution in [3.05, 3.63) is 30.2 Å². The van der Waals surface area contributed by atoms with Gasteiger partial charge in [0.1, 0.15) is 5.75 Å². The van der Waals surface area contributed by atoms with E-state index in [1.807, 2.05) is 0 Å². The molecule has 0 saturated carbocycles. The fourth-order valence-electron chi connectivity index (χ4n) is 1.31. The number of rotatable bonds is 4. The third kappa shape index (κ3) is 2.85. The summed E-state index contributed by atoms with van der Waals surface area (Å²) in [5.41, 5.74) is 0.793. The molecule has 0 bridgehead atoms. The Morgan fingerprint density at radius 1 is 1.28 bits per heavy atom. The Morgan fingerprint density at radius 3 is 2.56 bits per heavy atom. The highest BCUT2D eigenvalue weighted by molar-refractivity contribution is 5.70. The minimum atomic E-state index is -0.424. The molecule has 1 heterocycles. The number of esters is 1. The van der Waals surface area contributed by atoms with Gasteiger partial charge in [-0.2, -0.15) is 0 Å². The van der Waals surface area contributed by atoms with E-state index in [2.05, 4.69) is 14.9 Å². The van der Waals surface area contributed by atoms with Gasteiger partial charge in [0.2, 0.25) is 11.8 Å². The normalized spacial score (nSPS) is 10.1. The highest BCUT2D eigenvalue weighted by Crippen LogP contribution is 2.21. The summed E-state index contributed by atoms with van der Waals surface area (Å²) in [5, 5.41) is 7.65. The highest BCUT2D eigenvalue weighted by Gasteiger charge is 2.06. The number of carbonyl (C=O) groups is 1. The average molecular weight is 248 g/mol. The Labute approximate surface area is 104 Å². The van der Waals surface area contributed by atoms with Crippen LogP contribution in [0.2, 0.25) is 0 Å². The van der Waals surface area contributed by atoms with Crippen LogP contribution >= 0.6 is 0 Å². The zero-order valence-corrected chi connectivity index (χ0v) is 10.0. The Morgan fingerprint density at radius 2 is 2.00 bits per heavy atom. The van der Waals surface area contributed by atoms with Crippen molar-refractivity contribution in [1.29, 1.82) is 0 Å². The van der Waals surface area contributed by atoms with E-state index >= 15 is 0 Å². The lowest BCUT2D eigenvalue weighted by Gasteiger charge is -2.04. The molecule has 0 aliphatic heterocycles. The van der Waals surface area contributed by atoms with Gasteiger partial charge in [-0.25, -0.2) is 4.79 Å². The molecule has 0 fully saturated rings. The van der Waals surface area contributed by atoms with Crippen LogP contribution in [0.1, 0.15) is 5.89 Å². The van der Waals surface area contributed by atoms with Crippen LogP contribution in [0.5, 0.6) is 5.75 Å². The highest BCUT2D eigenvalue weighted by atomic mass is 16.6. The molecule has 0 radical (unpaired) electrons. The summed E-state index contributed by atoms with van der Waals surface area (Å²) in [5.74, 6) is 1.11. The minimum absolute atomic E-state index is 0.116. The smallest absolute Gasteiger partial charge is 0.343 e. The van der Waals surface area contributed by atoms with Crippen molar-refractivity contribution in [3.8, 4) is 17.2 Å². The molecule has 2 aromatic rings. The average Bonchev–Trinajstić information content (AvgIpc) is 2.83. The fourth-order valence-corrected chi connectivity index (χ4v) is 1.31. The molecule has 1 aromatic carbocycles. The van der Waals surface area contributed by atoms with E-state index in [-0.39, 0.29) is 6.61 Å². The third-order valence-corrected chi connectivity index (χ3v) is 2.21. The molecule has 0 aliphatic rings. The van der Waals surface area contributed by atoms with E-state index in [1.165, 1.54) is 7.11 Å². The lowest BCUT2D eigenvalue weighted by atomic mass is 10.2. The van der Waals surface area contributed by atoms with Gasteiger partial charge in [-0.3, -0.25) is 0 Å². The van der Waals surface area contributed by atoms with E-state index < -0.39 is 5.97 Å². The largest absolute Gasteiger partial charge is 0.482 e. The van der Waals surface area contributed by atoms with E-state index in [9.17, 15) is 4.79 Å². The topological polar surface area (TPSA) is 74.5 Å². The Balaban J connectivity index is 2.03. The zero-order valence-electron chi connectivity index (χ0n) is 10.0. The van der Waals surface area contributed by atoms with Gasteiger partial charge in [0.15, 0.2) is 6.61 Å². The Bertz CT molecular complexity index is 533. The molecule has 0 amide bonds. The minimum Gasteiger partial charge on any atom is -0.482 e. The molecule has 18 heavy (non-hydrogen) atoms. The van der Waals surface area contributed by atoms with Crippen LogP contribution in [-0.4, -0.2) is 29.9 Å². The van der Waals surface area contributed by atoms with E-state index in [0.29, 0.717) is 17.5 Å². The second-order valence-electron chi connectivity index (χ2n) is 3.52. The number of aryl methyl sites for hydroxylation is 1. The first-order valence-electron chi connectivity index (χ1n) is 5.29. The monoisotopic (exact) mass is 248 g/mol. The number of benzene rings is 1. The lowest BCUT2D eigenvalue weighted by molar-refractivity contribution is -0.142. The van der Waals surface area contributed by atoms with Crippen molar-refractivity contribution in [2.24, 2.45) is 0 Å². The van der Waals surface area contributed by atoms with Crippen LogP contribution in [-0.2, 0) is 9.53 Å².